The molecule has 2 rings (SSSR count). The van der Waals surface area contributed by atoms with Crippen LogP contribution in [0.3, 0.4) is 0 Å². The summed E-state index contributed by atoms with van der Waals surface area (Å²) in [6.07, 6.45) is 0.700. The van der Waals surface area contributed by atoms with Crippen LogP contribution in [0, 0.1) is 0 Å². The molecule has 132 valence electrons. The SMILES string of the molecule is CCc1ccccc1C(=O)/C(=N/N)c1ccccc1OP(C)(=O)OC. The van der Waals surface area contributed by atoms with Crippen molar-refractivity contribution in [1.29, 1.82) is 0 Å². The molecule has 0 spiro atoms. The molecule has 0 radical (unpaired) electrons. The highest BCUT2D eigenvalue weighted by Crippen LogP contribution is 2.44. The third kappa shape index (κ3) is 4.35. The van der Waals surface area contributed by atoms with E-state index in [1.54, 1.807) is 36.4 Å². The van der Waals surface area contributed by atoms with Crippen LogP contribution in [0.5, 0.6) is 5.75 Å². The number of Topliss-reactive ketones (excluding diaryl/α,β-unsaturated/α-hetero) is 1. The summed E-state index contributed by atoms with van der Waals surface area (Å²) < 4.78 is 22.5. The molecule has 0 aliphatic rings. The lowest BCUT2D eigenvalue weighted by Crippen LogP contribution is -2.20. The summed E-state index contributed by atoms with van der Waals surface area (Å²) in [4.78, 5) is 13.0. The molecule has 0 saturated carbocycles. The van der Waals surface area contributed by atoms with Gasteiger partial charge in [-0.25, -0.2) is 4.57 Å². The van der Waals surface area contributed by atoms with Crippen molar-refractivity contribution in [1.82, 2.24) is 0 Å². The topological polar surface area (TPSA) is 91.0 Å². The van der Waals surface area contributed by atoms with E-state index in [1.165, 1.54) is 13.8 Å². The van der Waals surface area contributed by atoms with E-state index < -0.39 is 7.60 Å². The van der Waals surface area contributed by atoms with E-state index in [9.17, 15) is 9.36 Å². The third-order valence-corrected chi connectivity index (χ3v) is 4.92. The van der Waals surface area contributed by atoms with Gasteiger partial charge in [-0.2, -0.15) is 5.10 Å². The number of aryl methyl sites for hydroxylation is 1. The van der Waals surface area contributed by atoms with Crippen molar-refractivity contribution in [3.63, 3.8) is 0 Å². The molecule has 0 aliphatic carbocycles. The van der Waals surface area contributed by atoms with Crippen molar-refractivity contribution in [2.75, 3.05) is 13.8 Å². The average molecular weight is 360 g/mol. The number of nitrogens with zero attached hydrogens (tertiary/aromatic N) is 1. The van der Waals surface area contributed by atoms with Crippen LogP contribution < -0.4 is 10.4 Å². The molecule has 0 bridgehead atoms. The fourth-order valence-corrected chi connectivity index (χ4v) is 2.98. The highest BCUT2D eigenvalue weighted by Gasteiger charge is 2.24. The van der Waals surface area contributed by atoms with Gasteiger partial charge in [0.25, 0.3) is 0 Å². The summed E-state index contributed by atoms with van der Waals surface area (Å²) in [6, 6.07) is 13.9. The predicted octanol–water partition coefficient (Wildman–Crippen LogP) is 3.64. The van der Waals surface area contributed by atoms with Gasteiger partial charge in [0.15, 0.2) is 0 Å². The normalized spacial score (nSPS) is 14.0. The van der Waals surface area contributed by atoms with Crippen LogP contribution in [0.15, 0.2) is 53.6 Å². The fourth-order valence-electron chi connectivity index (χ4n) is 2.39. The van der Waals surface area contributed by atoms with Crippen LogP contribution in [0.4, 0.5) is 0 Å². The Hall–Kier alpha value is -2.43. The zero-order valence-corrected chi connectivity index (χ0v) is 15.3. The Kier molecular flexibility index (Phi) is 6.12. The molecule has 0 aliphatic heterocycles. The molecule has 25 heavy (non-hydrogen) atoms. The van der Waals surface area contributed by atoms with Crippen LogP contribution in [0.25, 0.3) is 0 Å². The third-order valence-electron chi connectivity index (χ3n) is 3.73. The lowest BCUT2D eigenvalue weighted by molar-refractivity contribution is 0.106. The van der Waals surface area contributed by atoms with Gasteiger partial charge in [0.1, 0.15) is 11.5 Å². The standard InChI is InChI=1S/C18H21N2O4P/c1-4-13-9-5-6-10-14(13)18(21)17(20-19)15-11-7-8-12-16(15)24-25(3,22)23-2/h5-12H,4,19H2,1-3H3/b20-17+. The van der Waals surface area contributed by atoms with Crippen molar-refractivity contribution in [2.24, 2.45) is 10.9 Å². The minimum Gasteiger partial charge on any atom is -0.424 e. The van der Waals surface area contributed by atoms with Crippen molar-refractivity contribution in [2.45, 2.75) is 13.3 Å². The van der Waals surface area contributed by atoms with Gasteiger partial charge in [0.05, 0.1) is 0 Å². The Morgan fingerprint density at radius 2 is 1.72 bits per heavy atom. The molecule has 2 aromatic carbocycles. The quantitative estimate of drug-likeness (QED) is 0.268. The van der Waals surface area contributed by atoms with Gasteiger partial charge in [0, 0.05) is 24.9 Å². The molecule has 1 unspecified atom stereocenters. The number of carbonyl (C=O) groups is 1. The molecule has 6 nitrogen and oxygen atoms in total. The van der Waals surface area contributed by atoms with Gasteiger partial charge in [-0.1, -0.05) is 43.3 Å². The lowest BCUT2D eigenvalue weighted by atomic mass is 9.95. The van der Waals surface area contributed by atoms with Gasteiger partial charge in [-0.3, -0.25) is 4.79 Å². The molecule has 1 atom stereocenters. The Labute approximate surface area is 147 Å². The zero-order chi connectivity index (χ0) is 18.4. The highest BCUT2D eigenvalue weighted by molar-refractivity contribution is 7.53. The number of nitrogens with two attached hydrogens (primary N) is 1. The fraction of sp³-hybridized carbons (Fsp3) is 0.222. The first-order valence-corrected chi connectivity index (χ1v) is 9.75. The lowest BCUT2D eigenvalue weighted by Gasteiger charge is -2.16. The van der Waals surface area contributed by atoms with Crippen LogP contribution >= 0.6 is 7.60 Å². The number of para-hydroxylation sites is 1. The Balaban J connectivity index is 2.49. The smallest absolute Gasteiger partial charge is 0.375 e. The minimum absolute atomic E-state index is 0.0348. The molecular formula is C18H21N2O4P. The maximum atomic E-state index is 13.0. The molecule has 7 heteroatoms. The van der Waals surface area contributed by atoms with Crippen LogP contribution in [0.2, 0.25) is 0 Å². The van der Waals surface area contributed by atoms with E-state index >= 15 is 0 Å². The van der Waals surface area contributed by atoms with Crippen LogP contribution in [-0.2, 0) is 15.5 Å². The number of benzene rings is 2. The van der Waals surface area contributed by atoms with E-state index in [1.807, 2.05) is 19.1 Å². The average Bonchev–Trinajstić information content (AvgIpc) is 2.63. The largest absolute Gasteiger partial charge is 0.424 e. The summed E-state index contributed by atoms with van der Waals surface area (Å²) in [6.45, 7) is 3.31. The molecular weight excluding hydrogens is 339 g/mol. The van der Waals surface area contributed by atoms with Crippen LogP contribution in [0.1, 0.15) is 28.4 Å². The summed E-state index contributed by atoms with van der Waals surface area (Å²) >= 11 is 0. The maximum Gasteiger partial charge on any atom is 0.375 e. The van der Waals surface area contributed by atoms with Gasteiger partial charge in [-0.15, -0.1) is 0 Å². The maximum absolute atomic E-state index is 13.0. The molecule has 0 fully saturated rings. The van der Waals surface area contributed by atoms with E-state index in [4.69, 9.17) is 14.9 Å². The molecule has 2 N–H and O–H groups in total. The van der Waals surface area contributed by atoms with Crippen LogP contribution in [-0.4, -0.2) is 25.3 Å². The van der Waals surface area contributed by atoms with E-state index in [0.29, 0.717) is 17.5 Å². The highest BCUT2D eigenvalue weighted by atomic mass is 31.2. The second-order valence-electron chi connectivity index (χ2n) is 5.36. The monoisotopic (exact) mass is 360 g/mol. The number of hydrogen-bond acceptors (Lipinski definition) is 6. The molecule has 2 aromatic rings. The Morgan fingerprint density at radius 1 is 1.12 bits per heavy atom. The first-order valence-electron chi connectivity index (χ1n) is 7.76. The summed E-state index contributed by atoms with van der Waals surface area (Å²) in [5, 5.41) is 3.68. The predicted molar refractivity (Wildman–Crippen MR) is 98.5 cm³/mol. The van der Waals surface area contributed by atoms with E-state index in [2.05, 4.69) is 5.10 Å². The summed E-state index contributed by atoms with van der Waals surface area (Å²) in [5.41, 5.74) is 1.81. The van der Waals surface area contributed by atoms with Gasteiger partial charge < -0.3 is 14.9 Å². The molecule has 0 amide bonds. The molecule has 0 aromatic heterocycles. The summed E-state index contributed by atoms with van der Waals surface area (Å²) in [5.74, 6) is 5.41. The molecule has 0 saturated heterocycles. The van der Waals surface area contributed by atoms with Gasteiger partial charge >= 0.3 is 7.60 Å². The number of carbonyl (C=O) groups excluding carboxylic acids is 1. The number of hydrazone groups is 1. The second-order valence-corrected chi connectivity index (χ2v) is 7.45. The Morgan fingerprint density at radius 3 is 2.32 bits per heavy atom. The van der Waals surface area contributed by atoms with Gasteiger partial charge in [-0.05, 0) is 24.1 Å². The zero-order valence-electron chi connectivity index (χ0n) is 14.4. The Bertz CT molecular complexity index is 848. The minimum atomic E-state index is -3.30. The first kappa shape index (κ1) is 18.9. The number of rotatable bonds is 7. The van der Waals surface area contributed by atoms with Crippen molar-refractivity contribution in [3.05, 3.63) is 65.2 Å². The summed E-state index contributed by atoms with van der Waals surface area (Å²) in [7, 11) is -2.00. The van der Waals surface area contributed by atoms with Crippen molar-refractivity contribution in [3.8, 4) is 5.75 Å². The first-order chi connectivity index (χ1) is 11.9. The van der Waals surface area contributed by atoms with E-state index in [-0.39, 0.29) is 17.2 Å². The van der Waals surface area contributed by atoms with E-state index in [0.717, 1.165) is 5.56 Å². The number of ketones is 1. The number of hydrogen-bond donors (Lipinski definition) is 1. The van der Waals surface area contributed by atoms with Crippen molar-refractivity contribution < 1.29 is 18.4 Å². The molecule has 0 heterocycles. The van der Waals surface area contributed by atoms with Crippen molar-refractivity contribution >= 4 is 19.1 Å². The second kappa shape index (κ2) is 8.10. The van der Waals surface area contributed by atoms with Gasteiger partial charge in [0.2, 0.25) is 5.78 Å².